The molecule has 0 radical (unpaired) electrons. The predicted molar refractivity (Wildman–Crippen MR) is 108 cm³/mol. The summed E-state index contributed by atoms with van der Waals surface area (Å²) in [6.07, 6.45) is 0. The topological polar surface area (TPSA) is 67.9 Å². The van der Waals surface area contributed by atoms with Crippen molar-refractivity contribution in [2.24, 2.45) is 0 Å². The second kappa shape index (κ2) is 6.88. The molecule has 3 aromatic rings. The van der Waals surface area contributed by atoms with E-state index in [2.05, 4.69) is 5.32 Å². The molecule has 0 fully saturated rings. The molecular weight excluding hydrogens is 356 g/mol. The van der Waals surface area contributed by atoms with Gasteiger partial charge in [-0.05, 0) is 36.6 Å². The third kappa shape index (κ3) is 2.74. The van der Waals surface area contributed by atoms with Crippen molar-refractivity contribution in [3.63, 3.8) is 0 Å². The number of hydrogen-bond acceptors (Lipinski definition) is 4. The molecule has 1 heterocycles. The molecule has 2 amide bonds. The van der Waals surface area contributed by atoms with Crippen molar-refractivity contribution >= 4 is 34.0 Å². The Balaban J connectivity index is 1.64. The molecule has 142 valence electrons. The molecule has 3 aromatic carbocycles. The van der Waals surface area contributed by atoms with Gasteiger partial charge in [-0.2, -0.15) is 0 Å². The van der Waals surface area contributed by atoms with E-state index < -0.39 is 6.04 Å². The van der Waals surface area contributed by atoms with Crippen molar-refractivity contribution < 1.29 is 19.1 Å². The van der Waals surface area contributed by atoms with Crippen molar-refractivity contribution in [1.29, 1.82) is 0 Å². The predicted octanol–water partition coefficient (Wildman–Crippen LogP) is 3.84. The second-order valence-corrected chi connectivity index (χ2v) is 6.59. The largest absolute Gasteiger partial charge is 0.497 e. The number of nitrogens with zero attached hydrogens (tertiary/aromatic N) is 1. The highest BCUT2D eigenvalue weighted by molar-refractivity contribution is 6.27. The summed E-state index contributed by atoms with van der Waals surface area (Å²) in [5, 5.41) is 4.72. The Morgan fingerprint density at radius 1 is 1.04 bits per heavy atom. The van der Waals surface area contributed by atoms with Crippen LogP contribution in [0.1, 0.15) is 17.3 Å². The molecule has 0 unspecified atom stereocenters. The van der Waals surface area contributed by atoms with Crippen LogP contribution in [0.15, 0.2) is 54.6 Å². The normalized spacial score (nSPS) is 13.5. The van der Waals surface area contributed by atoms with Crippen LogP contribution < -0.4 is 19.7 Å². The fourth-order valence-electron chi connectivity index (χ4n) is 3.58. The fraction of sp³-hybridized carbons (Fsp3) is 0.182. The number of amides is 2. The third-order valence-corrected chi connectivity index (χ3v) is 5.02. The molecule has 0 bridgehead atoms. The molecule has 6 nitrogen and oxygen atoms in total. The van der Waals surface area contributed by atoms with Gasteiger partial charge in [0.2, 0.25) is 5.91 Å². The van der Waals surface area contributed by atoms with Crippen LogP contribution >= 0.6 is 0 Å². The van der Waals surface area contributed by atoms with Gasteiger partial charge < -0.3 is 14.8 Å². The molecule has 1 atom stereocenters. The van der Waals surface area contributed by atoms with Crippen LogP contribution in [0.4, 0.5) is 11.4 Å². The number of rotatable bonds is 5. The van der Waals surface area contributed by atoms with E-state index in [0.717, 1.165) is 16.5 Å². The van der Waals surface area contributed by atoms with E-state index >= 15 is 0 Å². The number of carbonyl (C=O) groups excluding carboxylic acids is 2. The van der Waals surface area contributed by atoms with Crippen molar-refractivity contribution in [3.8, 4) is 11.5 Å². The lowest BCUT2D eigenvalue weighted by atomic mass is 10.1. The molecule has 1 aliphatic heterocycles. The van der Waals surface area contributed by atoms with Crippen molar-refractivity contribution in [1.82, 2.24) is 0 Å². The van der Waals surface area contributed by atoms with Crippen molar-refractivity contribution in [2.75, 3.05) is 24.4 Å². The van der Waals surface area contributed by atoms with E-state index in [4.69, 9.17) is 9.47 Å². The van der Waals surface area contributed by atoms with Gasteiger partial charge in [-0.15, -0.1) is 0 Å². The molecule has 1 N–H and O–H groups in total. The van der Waals surface area contributed by atoms with Crippen LogP contribution in [-0.2, 0) is 4.79 Å². The highest BCUT2D eigenvalue weighted by atomic mass is 16.5. The Bertz CT molecular complexity index is 1090. The first kappa shape index (κ1) is 17.9. The highest BCUT2D eigenvalue weighted by Crippen LogP contribution is 2.38. The van der Waals surface area contributed by atoms with Crippen LogP contribution in [0.25, 0.3) is 10.8 Å². The number of ether oxygens (including phenoxy) is 2. The highest BCUT2D eigenvalue weighted by Gasteiger charge is 2.35. The summed E-state index contributed by atoms with van der Waals surface area (Å²) in [5.74, 6) is 0.635. The summed E-state index contributed by atoms with van der Waals surface area (Å²) in [5.41, 5.74) is 1.89. The molecule has 0 aromatic heterocycles. The Hall–Kier alpha value is -3.54. The number of anilines is 2. The lowest BCUT2D eigenvalue weighted by molar-refractivity contribution is -0.117. The van der Waals surface area contributed by atoms with Gasteiger partial charge in [0, 0.05) is 17.0 Å². The van der Waals surface area contributed by atoms with Crippen LogP contribution in [-0.4, -0.2) is 32.1 Å². The minimum absolute atomic E-state index is 0.170. The Morgan fingerprint density at radius 2 is 1.79 bits per heavy atom. The maximum absolute atomic E-state index is 13.0. The lowest BCUT2D eigenvalue weighted by Gasteiger charge is -2.25. The first-order chi connectivity index (χ1) is 13.5. The van der Waals surface area contributed by atoms with E-state index in [0.29, 0.717) is 22.7 Å². The number of benzene rings is 3. The maximum Gasteiger partial charge on any atom is 0.259 e. The summed E-state index contributed by atoms with van der Waals surface area (Å²) in [7, 11) is 3.08. The molecule has 4 rings (SSSR count). The van der Waals surface area contributed by atoms with E-state index in [1.54, 1.807) is 43.2 Å². The van der Waals surface area contributed by atoms with Crippen LogP contribution in [0.5, 0.6) is 11.5 Å². The molecule has 1 aliphatic rings. The smallest absolute Gasteiger partial charge is 0.259 e. The summed E-state index contributed by atoms with van der Waals surface area (Å²) in [6, 6.07) is 15.8. The quantitative estimate of drug-likeness (QED) is 0.735. The summed E-state index contributed by atoms with van der Waals surface area (Å²) >= 11 is 0. The number of methoxy groups -OCH3 is 2. The maximum atomic E-state index is 13.0. The Morgan fingerprint density at radius 3 is 2.50 bits per heavy atom. The van der Waals surface area contributed by atoms with Gasteiger partial charge in [0.25, 0.3) is 5.91 Å². The van der Waals surface area contributed by atoms with Crippen LogP contribution in [0, 0.1) is 0 Å². The van der Waals surface area contributed by atoms with E-state index in [1.165, 1.54) is 7.11 Å². The molecule has 6 heteroatoms. The summed E-state index contributed by atoms with van der Waals surface area (Å²) in [6.45, 7) is 1.72. The first-order valence-corrected chi connectivity index (χ1v) is 8.93. The first-order valence-electron chi connectivity index (χ1n) is 8.93. The standard InChI is InChI=1S/C22H20N2O4/c1-13(21(25)23-17-11-10-15(27-2)12-19(17)28-3)24-18-9-5-7-14-6-4-8-16(20(14)18)22(24)26/h4-13H,1-3H3,(H,23,25)/t13-/m1/s1. The minimum atomic E-state index is -0.697. The zero-order valence-electron chi connectivity index (χ0n) is 15.9. The number of carbonyl (C=O) groups is 2. The minimum Gasteiger partial charge on any atom is -0.497 e. The molecule has 0 aliphatic carbocycles. The molecule has 28 heavy (non-hydrogen) atoms. The lowest BCUT2D eigenvalue weighted by Crippen LogP contribution is -2.44. The zero-order valence-corrected chi connectivity index (χ0v) is 15.9. The summed E-state index contributed by atoms with van der Waals surface area (Å²) < 4.78 is 10.5. The van der Waals surface area contributed by atoms with Gasteiger partial charge in [0.15, 0.2) is 0 Å². The Kier molecular flexibility index (Phi) is 4.39. The molecule has 0 spiro atoms. The van der Waals surface area contributed by atoms with E-state index in [9.17, 15) is 9.59 Å². The number of nitrogens with one attached hydrogen (secondary N) is 1. The SMILES string of the molecule is COc1ccc(NC(=O)[C@@H](C)N2C(=O)c3cccc4cccc2c34)c(OC)c1. The van der Waals surface area contributed by atoms with Crippen molar-refractivity contribution in [2.45, 2.75) is 13.0 Å². The average molecular weight is 376 g/mol. The molecule has 0 saturated heterocycles. The van der Waals surface area contributed by atoms with Gasteiger partial charge in [-0.25, -0.2) is 0 Å². The number of hydrogen-bond donors (Lipinski definition) is 1. The van der Waals surface area contributed by atoms with Gasteiger partial charge in [-0.3, -0.25) is 14.5 Å². The summed E-state index contributed by atoms with van der Waals surface area (Å²) in [4.78, 5) is 27.5. The monoisotopic (exact) mass is 376 g/mol. The Labute approximate surface area is 162 Å². The fourth-order valence-corrected chi connectivity index (χ4v) is 3.58. The van der Waals surface area contributed by atoms with Gasteiger partial charge in [0.1, 0.15) is 17.5 Å². The van der Waals surface area contributed by atoms with Gasteiger partial charge in [0.05, 0.1) is 25.6 Å². The molecular formula is C22H20N2O4. The van der Waals surface area contributed by atoms with Gasteiger partial charge in [-0.1, -0.05) is 24.3 Å². The zero-order chi connectivity index (χ0) is 19.8. The average Bonchev–Trinajstić information content (AvgIpc) is 3.01. The van der Waals surface area contributed by atoms with Crippen LogP contribution in [0.2, 0.25) is 0 Å². The van der Waals surface area contributed by atoms with Crippen molar-refractivity contribution in [3.05, 3.63) is 60.2 Å². The third-order valence-electron chi connectivity index (χ3n) is 5.02. The van der Waals surface area contributed by atoms with E-state index in [1.807, 2.05) is 30.3 Å². The van der Waals surface area contributed by atoms with Gasteiger partial charge >= 0.3 is 0 Å². The molecule has 0 saturated carbocycles. The van der Waals surface area contributed by atoms with Crippen LogP contribution in [0.3, 0.4) is 0 Å². The second-order valence-electron chi connectivity index (χ2n) is 6.59. The van der Waals surface area contributed by atoms with E-state index in [-0.39, 0.29) is 11.8 Å².